The number of nitrogens with zero attached hydrogens (tertiary/aromatic N) is 1. The Morgan fingerprint density at radius 1 is 1.38 bits per heavy atom. The highest BCUT2D eigenvalue weighted by molar-refractivity contribution is 5.85. The third kappa shape index (κ3) is 3.83. The summed E-state index contributed by atoms with van der Waals surface area (Å²) in [4.78, 5) is 13.2. The maximum Gasteiger partial charge on any atom is 0.236 e. The summed E-state index contributed by atoms with van der Waals surface area (Å²) in [6.07, 6.45) is 0. The van der Waals surface area contributed by atoms with Gasteiger partial charge in [-0.3, -0.25) is 4.79 Å². The van der Waals surface area contributed by atoms with E-state index < -0.39 is 0 Å². The first-order valence-corrected chi connectivity index (χ1v) is 5.21. The highest BCUT2D eigenvalue weighted by Crippen LogP contribution is 2.10. The smallest absolute Gasteiger partial charge is 0.236 e. The van der Waals surface area contributed by atoms with Gasteiger partial charge in [-0.2, -0.15) is 0 Å². The van der Waals surface area contributed by atoms with Crippen molar-refractivity contribution in [1.29, 1.82) is 0 Å². The Kier molecular flexibility index (Phi) is 6.77. The Hall–Kier alpha value is -1.06. The van der Waals surface area contributed by atoms with Gasteiger partial charge >= 0.3 is 0 Å². The Balaban J connectivity index is 0.00000225. The van der Waals surface area contributed by atoms with Gasteiger partial charge in [0.25, 0.3) is 0 Å². The minimum Gasteiger partial charge on any atom is -0.338 e. The fourth-order valence-electron chi connectivity index (χ4n) is 1.50. The molecular weight excluding hydrogens is 224 g/mol. The molecule has 0 fully saturated rings. The van der Waals surface area contributed by atoms with E-state index in [9.17, 15) is 4.79 Å². The van der Waals surface area contributed by atoms with E-state index in [1.807, 2.05) is 25.1 Å². The van der Waals surface area contributed by atoms with E-state index in [1.165, 1.54) is 11.1 Å². The number of halogens is 1. The van der Waals surface area contributed by atoms with Gasteiger partial charge in [-0.1, -0.05) is 24.3 Å². The van der Waals surface area contributed by atoms with E-state index >= 15 is 0 Å². The zero-order chi connectivity index (χ0) is 11.3. The van der Waals surface area contributed by atoms with E-state index in [0.717, 1.165) is 0 Å². The lowest BCUT2D eigenvalue weighted by Gasteiger charge is -2.21. The van der Waals surface area contributed by atoms with E-state index in [-0.39, 0.29) is 24.9 Å². The lowest BCUT2D eigenvalue weighted by Crippen LogP contribution is -2.35. The molecule has 1 amide bonds. The number of aryl methyl sites for hydroxylation is 1. The fraction of sp³-hybridized carbons (Fsp3) is 0.417. The molecule has 16 heavy (non-hydrogen) atoms. The number of carbonyl (C=O) groups excluding carboxylic acids is 1. The maximum atomic E-state index is 11.5. The number of hydrogen-bond acceptors (Lipinski definition) is 2. The third-order valence-corrected chi connectivity index (χ3v) is 2.53. The summed E-state index contributed by atoms with van der Waals surface area (Å²) in [5.74, 6) is 0.000697. The predicted octanol–water partition coefficient (Wildman–Crippen LogP) is 1.72. The normalized spacial score (nSPS) is 9.44. The molecular formula is C12H19ClN2O. The Bertz CT molecular complexity index is 342. The minimum atomic E-state index is 0. The van der Waals surface area contributed by atoms with Gasteiger partial charge in [0.2, 0.25) is 5.91 Å². The molecule has 0 spiro atoms. The highest BCUT2D eigenvalue weighted by atomic mass is 35.5. The molecule has 1 aromatic rings. The molecule has 0 aliphatic rings. The monoisotopic (exact) mass is 242 g/mol. The summed E-state index contributed by atoms with van der Waals surface area (Å²) in [5.41, 5.74) is 7.74. The zero-order valence-corrected chi connectivity index (χ0v) is 10.6. The summed E-state index contributed by atoms with van der Waals surface area (Å²) in [6, 6.07) is 8.08. The van der Waals surface area contributed by atoms with Crippen molar-refractivity contribution in [3.05, 3.63) is 35.4 Å². The molecule has 0 saturated carbocycles. The Morgan fingerprint density at radius 3 is 2.50 bits per heavy atom. The molecule has 3 nitrogen and oxygen atoms in total. The van der Waals surface area contributed by atoms with Crippen LogP contribution in [-0.4, -0.2) is 23.9 Å². The quantitative estimate of drug-likeness (QED) is 0.874. The van der Waals surface area contributed by atoms with Crippen molar-refractivity contribution >= 4 is 18.3 Å². The van der Waals surface area contributed by atoms with Gasteiger partial charge in [0, 0.05) is 13.1 Å². The molecule has 2 N–H and O–H groups in total. The van der Waals surface area contributed by atoms with Crippen LogP contribution >= 0.6 is 12.4 Å². The summed E-state index contributed by atoms with van der Waals surface area (Å²) in [5, 5.41) is 0. The molecule has 0 aliphatic carbocycles. The molecule has 1 aromatic carbocycles. The molecule has 4 heteroatoms. The number of benzene rings is 1. The number of likely N-dealkylation sites (N-methyl/N-ethyl adjacent to an activating group) is 1. The topological polar surface area (TPSA) is 46.3 Å². The molecule has 0 bridgehead atoms. The van der Waals surface area contributed by atoms with Crippen LogP contribution in [0.3, 0.4) is 0 Å². The van der Waals surface area contributed by atoms with Crippen LogP contribution in [0.15, 0.2) is 24.3 Å². The standard InChI is InChI=1S/C12H18N2O.ClH/c1-3-14(12(15)8-13)9-11-7-5-4-6-10(11)2;/h4-7H,3,8-9,13H2,1-2H3;1H. The van der Waals surface area contributed by atoms with Crippen molar-refractivity contribution in [3.8, 4) is 0 Å². The van der Waals surface area contributed by atoms with Crippen LogP contribution in [0.4, 0.5) is 0 Å². The SMILES string of the molecule is CCN(Cc1ccccc1C)C(=O)CN.Cl. The second-order valence-electron chi connectivity index (χ2n) is 3.54. The molecule has 0 aliphatic heterocycles. The largest absolute Gasteiger partial charge is 0.338 e. The average Bonchev–Trinajstić information content (AvgIpc) is 2.27. The molecule has 0 saturated heterocycles. The number of nitrogens with two attached hydrogens (primary N) is 1. The summed E-state index contributed by atoms with van der Waals surface area (Å²) < 4.78 is 0. The molecule has 0 unspecified atom stereocenters. The second-order valence-corrected chi connectivity index (χ2v) is 3.54. The van der Waals surface area contributed by atoms with Crippen molar-refractivity contribution in [2.45, 2.75) is 20.4 Å². The van der Waals surface area contributed by atoms with Gasteiger partial charge in [-0.05, 0) is 25.0 Å². The zero-order valence-electron chi connectivity index (χ0n) is 9.77. The molecule has 0 atom stereocenters. The van der Waals surface area contributed by atoms with Crippen LogP contribution in [0, 0.1) is 6.92 Å². The van der Waals surface area contributed by atoms with Crippen LogP contribution < -0.4 is 5.73 Å². The van der Waals surface area contributed by atoms with Crippen LogP contribution in [0.25, 0.3) is 0 Å². The van der Waals surface area contributed by atoms with Crippen molar-refractivity contribution in [2.24, 2.45) is 5.73 Å². The van der Waals surface area contributed by atoms with Crippen molar-refractivity contribution < 1.29 is 4.79 Å². The average molecular weight is 243 g/mol. The second kappa shape index (κ2) is 7.25. The summed E-state index contributed by atoms with van der Waals surface area (Å²) >= 11 is 0. The first-order chi connectivity index (χ1) is 7.19. The number of carbonyl (C=O) groups is 1. The Morgan fingerprint density at radius 2 is 2.00 bits per heavy atom. The van der Waals surface area contributed by atoms with Gasteiger partial charge in [0.1, 0.15) is 0 Å². The highest BCUT2D eigenvalue weighted by Gasteiger charge is 2.10. The first-order valence-electron chi connectivity index (χ1n) is 5.21. The van der Waals surface area contributed by atoms with Crippen molar-refractivity contribution in [1.82, 2.24) is 4.90 Å². The number of amides is 1. The van der Waals surface area contributed by atoms with E-state index in [1.54, 1.807) is 4.90 Å². The van der Waals surface area contributed by atoms with Gasteiger partial charge in [-0.25, -0.2) is 0 Å². The predicted molar refractivity (Wildman–Crippen MR) is 68.6 cm³/mol. The van der Waals surface area contributed by atoms with E-state index in [4.69, 9.17) is 5.73 Å². The lowest BCUT2D eigenvalue weighted by molar-refractivity contribution is -0.130. The van der Waals surface area contributed by atoms with Crippen LogP contribution in [0.2, 0.25) is 0 Å². The molecule has 0 radical (unpaired) electrons. The summed E-state index contributed by atoms with van der Waals surface area (Å²) in [6.45, 7) is 5.45. The van der Waals surface area contributed by atoms with Crippen LogP contribution in [0.1, 0.15) is 18.1 Å². The third-order valence-electron chi connectivity index (χ3n) is 2.53. The maximum absolute atomic E-state index is 11.5. The first kappa shape index (κ1) is 14.9. The number of hydrogen-bond donors (Lipinski definition) is 1. The van der Waals surface area contributed by atoms with Gasteiger partial charge < -0.3 is 10.6 Å². The van der Waals surface area contributed by atoms with Gasteiger partial charge in [0.15, 0.2) is 0 Å². The molecule has 0 aromatic heterocycles. The van der Waals surface area contributed by atoms with Crippen molar-refractivity contribution in [3.63, 3.8) is 0 Å². The van der Waals surface area contributed by atoms with Crippen molar-refractivity contribution in [2.75, 3.05) is 13.1 Å². The molecule has 0 heterocycles. The van der Waals surface area contributed by atoms with E-state index in [2.05, 4.69) is 13.0 Å². The minimum absolute atomic E-state index is 0. The number of rotatable bonds is 4. The van der Waals surface area contributed by atoms with Crippen LogP contribution in [0.5, 0.6) is 0 Å². The molecule has 1 rings (SSSR count). The van der Waals surface area contributed by atoms with Gasteiger partial charge in [-0.15, -0.1) is 12.4 Å². The lowest BCUT2D eigenvalue weighted by atomic mass is 10.1. The van der Waals surface area contributed by atoms with E-state index in [0.29, 0.717) is 13.1 Å². The van der Waals surface area contributed by atoms with Crippen LogP contribution in [-0.2, 0) is 11.3 Å². The fourth-order valence-corrected chi connectivity index (χ4v) is 1.50. The molecule has 90 valence electrons. The van der Waals surface area contributed by atoms with Gasteiger partial charge in [0.05, 0.1) is 6.54 Å². The Labute approximate surface area is 103 Å². The summed E-state index contributed by atoms with van der Waals surface area (Å²) in [7, 11) is 0.